The number of nitro benzene ring substituents is 1. The summed E-state index contributed by atoms with van der Waals surface area (Å²) in [5, 5.41) is 20.4. The number of rotatable bonds is 4. The number of carboxylic acids is 1. The maximum absolute atomic E-state index is 11.0. The zero-order valence-electron chi connectivity index (χ0n) is 11.7. The Morgan fingerprint density at radius 1 is 1.09 bits per heavy atom. The van der Waals surface area contributed by atoms with Gasteiger partial charge in [0.2, 0.25) is 0 Å². The van der Waals surface area contributed by atoms with Gasteiger partial charge in [-0.05, 0) is 24.3 Å². The van der Waals surface area contributed by atoms with Crippen LogP contribution in [0.25, 0.3) is 10.9 Å². The van der Waals surface area contributed by atoms with Crippen LogP contribution in [0.3, 0.4) is 0 Å². The molecule has 114 valence electrons. The molecule has 3 aromatic rings. The van der Waals surface area contributed by atoms with Crippen LogP contribution in [0.2, 0.25) is 0 Å². The van der Waals surface area contributed by atoms with Gasteiger partial charge in [0.05, 0.1) is 4.92 Å². The maximum Gasteiger partial charge on any atom is 0.354 e. The standard InChI is InChI=1S/C16H10N2O5/c19-16(20)13-9-4-10-2-1-3-14(15(10)17-13)23-12-7-5-11(6-8-12)18(21)22/h1-9H,(H,19,20). The quantitative estimate of drug-likeness (QED) is 0.583. The summed E-state index contributed by atoms with van der Waals surface area (Å²) in [7, 11) is 0. The number of aromatic nitrogens is 1. The van der Waals surface area contributed by atoms with Crippen molar-refractivity contribution in [2.45, 2.75) is 0 Å². The van der Waals surface area contributed by atoms with Crippen LogP contribution in [-0.4, -0.2) is 21.0 Å². The van der Waals surface area contributed by atoms with Gasteiger partial charge >= 0.3 is 5.97 Å². The number of aromatic carboxylic acids is 1. The molecule has 7 nitrogen and oxygen atoms in total. The Bertz CT molecular complexity index is 906. The molecular formula is C16H10N2O5. The highest BCUT2D eigenvalue weighted by molar-refractivity contribution is 5.91. The third kappa shape index (κ3) is 2.93. The Hall–Kier alpha value is -3.48. The van der Waals surface area contributed by atoms with E-state index in [0.717, 1.165) is 5.39 Å². The number of para-hydroxylation sites is 1. The minimum Gasteiger partial charge on any atom is -0.477 e. The number of non-ortho nitro benzene ring substituents is 1. The largest absolute Gasteiger partial charge is 0.477 e. The fourth-order valence-electron chi connectivity index (χ4n) is 2.08. The van der Waals surface area contributed by atoms with E-state index in [1.807, 2.05) is 0 Å². The zero-order chi connectivity index (χ0) is 16.4. The molecule has 0 atom stereocenters. The average molecular weight is 310 g/mol. The molecule has 0 saturated carbocycles. The highest BCUT2D eigenvalue weighted by Gasteiger charge is 2.11. The molecule has 0 aliphatic rings. The molecule has 0 spiro atoms. The Labute approximate surface area is 129 Å². The van der Waals surface area contributed by atoms with E-state index in [-0.39, 0.29) is 11.4 Å². The minimum atomic E-state index is -1.13. The SMILES string of the molecule is O=C(O)c1ccc2cccc(Oc3ccc([N+](=O)[O-])cc3)c2n1. The molecule has 7 heteroatoms. The number of benzene rings is 2. The summed E-state index contributed by atoms with van der Waals surface area (Å²) in [4.78, 5) is 25.3. The van der Waals surface area contributed by atoms with Crippen molar-refractivity contribution in [3.63, 3.8) is 0 Å². The number of pyridine rings is 1. The van der Waals surface area contributed by atoms with Crippen LogP contribution in [0.5, 0.6) is 11.5 Å². The Balaban J connectivity index is 2.00. The van der Waals surface area contributed by atoms with Crippen LogP contribution >= 0.6 is 0 Å². The summed E-state index contributed by atoms with van der Waals surface area (Å²) in [6.45, 7) is 0. The van der Waals surface area contributed by atoms with Gasteiger partial charge in [0.25, 0.3) is 5.69 Å². The number of carbonyl (C=O) groups is 1. The van der Waals surface area contributed by atoms with Crippen molar-refractivity contribution in [1.82, 2.24) is 4.98 Å². The lowest BCUT2D eigenvalue weighted by Crippen LogP contribution is -2.00. The number of ether oxygens (including phenoxy) is 1. The van der Waals surface area contributed by atoms with Crippen LogP contribution < -0.4 is 4.74 Å². The van der Waals surface area contributed by atoms with Gasteiger partial charge in [0, 0.05) is 17.5 Å². The number of hydrogen-bond acceptors (Lipinski definition) is 5. The lowest BCUT2D eigenvalue weighted by Gasteiger charge is -2.08. The van der Waals surface area contributed by atoms with Gasteiger partial charge in [0.1, 0.15) is 17.0 Å². The second kappa shape index (κ2) is 5.72. The van der Waals surface area contributed by atoms with Crippen molar-refractivity contribution >= 4 is 22.6 Å². The molecule has 0 bridgehead atoms. The molecule has 23 heavy (non-hydrogen) atoms. The van der Waals surface area contributed by atoms with E-state index in [1.165, 1.54) is 30.3 Å². The van der Waals surface area contributed by atoms with Gasteiger partial charge in [0.15, 0.2) is 5.75 Å². The molecule has 0 amide bonds. The van der Waals surface area contributed by atoms with Crippen molar-refractivity contribution in [1.29, 1.82) is 0 Å². The first-order chi connectivity index (χ1) is 11.0. The molecule has 3 rings (SSSR count). The molecular weight excluding hydrogens is 300 g/mol. The van der Waals surface area contributed by atoms with Gasteiger partial charge < -0.3 is 9.84 Å². The lowest BCUT2D eigenvalue weighted by molar-refractivity contribution is -0.384. The van der Waals surface area contributed by atoms with Crippen LogP contribution in [0.1, 0.15) is 10.5 Å². The number of carboxylic acid groups (broad SMARTS) is 1. The first kappa shape index (κ1) is 14.5. The molecule has 0 aliphatic carbocycles. The Morgan fingerprint density at radius 3 is 2.48 bits per heavy atom. The Morgan fingerprint density at radius 2 is 1.83 bits per heavy atom. The average Bonchev–Trinajstić information content (AvgIpc) is 2.55. The van der Waals surface area contributed by atoms with Crippen molar-refractivity contribution in [3.8, 4) is 11.5 Å². The monoisotopic (exact) mass is 310 g/mol. The molecule has 1 N–H and O–H groups in total. The van der Waals surface area contributed by atoms with Gasteiger partial charge in [-0.15, -0.1) is 0 Å². The van der Waals surface area contributed by atoms with Crippen molar-refractivity contribution in [2.24, 2.45) is 0 Å². The Kier molecular flexibility index (Phi) is 3.60. The summed E-state index contributed by atoms with van der Waals surface area (Å²) in [5.41, 5.74) is 0.282. The molecule has 0 fully saturated rings. The second-order valence-corrected chi connectivity index (χ2v) is 4.68. The summed E-state index contributed by atoms with van der Waals surface area (Å²) >= 11 is 0. The molecule has 2 aromatic carbocycles. The van der Waals surface area contributed by atoms with E-state index in [0.29, 0.717) is 17.0 Å². The highest BCUT2D eigenvalue weighted by atomic mass is 16.6. The molecule has 0 unspecified atom stereocenters. The smallest absolute Gasteiger partial charge is 0.354 e. The van der Waals surface area contributed by atoms with Gasteiger partial charge in [-0.3, -0.25) is 10.1 Å². The molecule has 0 aliphatic heterocycles. The molecule has 1 aromatic heterocycles. The van der Waals surface area contributed by atoms with Crippen molar-refractivity contribution < 1.29 is 19.6 Å². The number of nitrogens with zero attached hydrogens (tertiary/aromatic N) is 2. The lowest BCUT2D eigenvalue weighted by atomic mass is 10.2. The first-order valence-corrected chi connectivity index (χ1v) is 6.60. The van der Waals surface area contributed by atoms with Crippen LogP contribution in [0.4, 0.5) is 5.69 Å². The fourth-order valence-corrected chi connectivity index (χ4v) is 2.08. The molecule has 0 saturated heterocycles. The third-order valence-electron chi connectivity index (χ3n) is 3.18. The van der Waals surface area contributed by atoms with Crippen molar-refractivity contribution in [2.75, 3.05) is 0 Å². The summed E-state index contributed by atoms with van der Waals surface area (Å²) in [6, 6.07) is 13.9. The number of hydrogen-bond donors (Lipinski definition) is 1. The summed E-state index contributed by atoms with van der Waals surface area (Å²) in [5.74, 6) is -0.359. The number of nitro groups is 1. The second-order valence-electron chi connectivity index (χ2n) is 4.68. The van der Waals surface area contributed by atoms with Gasteiger partial charge in [-0.25, -0.2) is 9.78 Å². The minimum absolute atomic E-state index is 0.0402. The van der Waals surface area contributed by atoms with E-state index >= 15 is 0 Å². The predicted octanol–water partition coefficient (Wildman–Crippen LogP) is 3.63. The van der Waals surface area contributed by atoms with Gasteiger partial charge in [-0.2, -0.15) is 0 Å². The van der Waals surface area contributed by atoms with E-state index in [4.69, 9.17) is 9.84 Å². The molecule has 1 heterocycles. The van der Waals surface area contributed by atoms with E-state index in [1.54, 1.807) is 24.3 Å². The predicted molar refractivity (Wildman–Crippen MR) is 81.9 cm³/mol. The summed E-state index contributed by atoms with van der Waals surface area (Å²) < 4.78 is 5.68. The number of fused-ring (bicyclic) bond motifs is 1. The first-order valence-electron chi connectivity index (χ1n) is 6.60. The van der Waals surface area contributed by atoms with E-state index in [9.17, 15) is 14.9 Å². The summed E-state index contributed by atoms with van der Waals surface area (Å²) in [6.07, 6.45) is 0. The fraction of sp³-hybridized carbons (Fsp3) is 0. The van der Waals surface area contributed by atoms with E-state index < -0.39 is 10.9 Å². The van der Waals surface area contributed by atoms with Crippen molar-refractivity contribution in [3.05, 3.63) is 70.4 Å². The zero-order valence-corrected chi connectivity index (χ0v) is 11.7. The topological polar surface area (TPSA) is 103 Å². The maximum atomic E-state index is 11.0. The van der Waals surface area contributed by atoms with Crippen LogP contribution in [-0.2, 0) is 0 Å². The normalized spacial score (nSPS) is 10.4. The molecule has 0 radical (unpaired) electrons. The van der Waals surface area contributed by atoms with Crippen LogP contribution in [0.15, 0.2) is 54.6 Å². The highest BCUT2D eigenvalue weighted by Crippen LogP contribution is 2.29. The third-order valence-corrected chi connectivity index (χ3v) is 3.18. The van der Waals surface area contributed by atoms with Crippen LogP contribution in [0, 0.1) is 10.1 Å². The van der Waals surface area contributed by atoms with Gasteiger partial charge in [-0.1, -0.05) is 18.2 Å². The van der Waals surface area contributed by atoms with E-state index in [2.05, 4.69) is 4.98 Å².